The summed E-state index contributed by atoms with van der Waals surface area (Å²) in [6, 6.07) is 11.7. The number of furan rings is 1. The van der Waals surface area contributed by atoms with Crippen molar-refractivity contribution in [1.29, 1.82) is 5.26 Å². The maximum absolute atomic E-state index is 12.0. The Hall–Kier alpha value is -2.25. The lowest BCUT2D eigenvalue weighted by molar-refractivity contribution is 0.0966. The molecule has 1 amide bonds. The van der Waals surface area contributed by atoms with Crippen LogP contribution in [0.5, 0.6) is 0 Å². The predicted octanol–water partition coefficient (Wildman–Crippen LogP) is 3.08. The molecular weight excluding hydrogens is 252 g/mol. The van der Waals surface area contributed by atoms with Gasteiger partial charge in [0.15, 0.2) is 11.0 Å². The summed E-state index contributed by atoms with van der Waals surface area (Å²) in [5.74, 6) is -0.126. The molecule has 18 heavy (non-hydrogen) atoms. The molecule has 1 heterocycles. The highest BCUT2D eigenvalue weighted by atomic mass is 35.5. The summed E-state index contributed by atoms with van der Waals surface area (Å²) in [7, 11) is 1.63. The standard InChI is InChI=1S/C13H9ClN2O2/c1-16(10-4-2-9(8-15)3-5-10)13(17)11-6-7-12(14)18-11/h2-7H,1H3. The lowest BCUT2D eigenvalue weighted by Gasteiger charge is -2.15. The molecule has 2 aromatic rings. The Morgan fingerprint density at radius 1 is 1.28 bits per heavy atom. The van der Waals surface area contributed by atoms with Crippen molar-refractivity contribution in [3.8, 4) is 6.07 Å². The second kappa shape index (κ2) is 4.94. The minimum atomic E-state index is -0.299. The summed E-state index contributed by atoms with van der Waals surface area (Å²) < 4.78 is 5.05. The molecule has 0 unspecified atom stereocenters. The van der Waals surface area contributed by atoms with Crippen LogP contribution in [-0.4, -0.2) is 13.0 Å². The molecule has 0 spiro atoms. The summed E-state index contributed by atoms with van der Waals surface area (Å²) in [4.78, 5) is 13.4. The molecule has 1 aromatic carbocycles. The van der Waals surface area contributed by atoms with Gasteiger partial charge < -0.3 is 9.32 Å². The zero-order chi connectivity index (χ0) is 13.1. The number of hydrogen-bond donors (Lipinski definition) is 0. The van der Waals surface area contributed by atoms with Crippen LogP contribution in [0, 0.1) is 11.3 Å². The fourth-order valence-corrected chi connectivity index (χ4v) is 1.62. The lowest BCUT2D eigenvalue weighted by atomic mass is 10.2. The number of halogens is 1. The third-order valence-electron chi connectivity index (χ3n) is 2.47. The molecule has 2 rings (SSSR count). The monoisotopic (exact) mass is 260 g/mol. The van der Waals surface area contributed by atoms with Crippen LogP contribution in [0.4, 0.5) is 5.69 Å². The van der Waals surface area contributed by atoms with Gasteiger partial charge in [-0.05, 0) is 48.0 Å². The first-order chi connectivity index (χ1) is 8.61. The molecule has 90 valence electrons. The van der Waals surface area contributed by atoms with E-state index in [0.717, 1.165) is 0 Å². The average molecular weight is 261 g/mol. The second-order valence-electron chi connectivity index (χ2n) is 3.63. The molecule has 0 bridgehead atoms. The Labute approximate surface area is 109 Å². The summed E-state index contributed by atoms with van der Waals surface area (Å²) in [5, 5.41) is 8.87. The molecule has 0 aliphatic carbocycles. The summed E-state index contributed by atoms with van der Waals surface area (Å²) in [6.07, 6.45) is 0. The molecule has 0 atom stereocenters. The third-order valence-corrected chi connectivity index (χ3v) is 2.68. The zero-order valence-corrected chi connectivity index (χ0v) is 10.3. The number of nitriles is 1. The number of carbonyl (C=O) groups is 1. The molecule has 0 saturated carbocycles. The predicted molar refractivity (Wildman–Crippen MR) is 67.6 cm³/mol. The van der Waals surface area contributed by atoms with E-state index in [1.165, 1.54) is 17.0 Å². The quantitative estimate of drug-likeness (QED) is 0.834. The molecule has 5 heteroatoms. The van der Waals surface area contributed by atoms with Gasteiger partial charge in [-0.15, -0.1) is 0 Å². The van der Waals surface area contributed by atoms with Crippen LogP contribution in [0.2, 0.25) is 5.22 Å². The van der Waals surface area contributed by atoms with Crippen LogP contribution >= 0.6 is 11.6 Å². The van der Waals surface area contributed by atoms with Crippen molar-refractivity contribution in [3.63, 3.8) is 0 Å². The number of carbonyl (C=O) groups excluding carboxylic acids is 1. The van der Waals surface area contributed by atoms with E-state index in [1.807, 2.05) is 6.07 Å². The number of amides is 1. The summed E-state index contributed by atoms with van der Waals surface area (Å²) in [5.41, 5.74) is 1.21. The number of nitrogens with zero attached hydrogens (tertiary/aromatic N) is 2. The number of benzene rings is 1. The number of rotatable bonds is 2. The van der Waals surface area contributed by atoms with Crippen LogP contribution in [0.15, 0.2) is 40.8 Å². The van der Waals surface area contributed by atoms with Crippen molar-refractivity contribution in [1.82, 2.24) is 0 Å². The van der Waals surface area contributed by atoms with Crippen molar-refractivity contribution in [2.24, 2.45) is 0 Å². The van der Waals surface area contributed by atoms with Gasteiger partial charge >= 0.3 is 0 Å². The number of hydrogen-bond acceptors (Lipinski definition) is 3. The molecule has 1 aromatic heterocycles. The van der Waals surface area contributed by atoms with Gasteiger partial charge in [0.1, 0.15) is 0 Å². The summed E-state index contributed by atoms with van der Waals surface area (Å²) in [6.45, 7) is 0. The highest BCUT2D eigenvalue weighted by molar-refractivity contribution is 6.29. The fourth-order valence-electron chi connectivity index (χ4n) is 1.47. The summed E-state index contributed by atoms with van der Waals surface area (Å²) >= 11 is 5.62. The Balaban J connectivity index is 2.23. The van der Waals surface area contributed by atoms with Crippen molar-refractivity contribution >= 4 is 23.2 Å². The highest BCUT2D eigenvalue weighted by Crippen LogP contribution is 2.19. The van der Waals surface area contributed by atoms with E-state index in [1.54, 1.807) is 31.3 Å². The number of anilines is 1. The first kappa shape index (κ1) is 12.2. The van der Waals surface area contributed by atoms with Gasteiger partial charge in [0.2, 0.25) is 0 Å². The van der Waals surface area contributed by atoms with E-state index in [4.69, 9.17) is 21.3 Å². The van der Waals surface area contributed by atoms with Crippen LogP contribution in [0.25, 0.3) is 0 Å². The van der Waals surface area contributed by atoms with Gasteiger partial charge in [0, 0.05) is 12.7 Å². The van der Waals surface area contributed by atoms with E-state index in [-0.39, 0.29) is 16.9 Å². The van der Waals surface area contributed by atoms with Gasteiger partial charge in [-0.25, -0.2) is 0 Å². The van der Waals surface area contributed by atoms with Crippen molar-refractivity contribution in [2.75, 3.05) is 11.9 Å². The Morgan fingerprint density at radius 2 is 1.94 bits per heavy atom. The van der Waals surface area contributed by atoms with Gasteiger partial charge in [0.25, 0.3) is 5.91 Å². The Bertz CT molecular complexity index is 611. The van der Waals surface area contributed by atoms with Gasteiger partial charge in [0.05, 0.1) is 11.6 Å². The Kier molecular flexibility index (Phi) is 3.35. The average Bonchev–Trinajstić information content (AvgIpc) is 2.84. The normalized spacial score (nSPS) is 9.83. The minimum Gasteiger partial charge on any atom is -0.440 e. The molecular formula is C13H9ClN2O2. The van der Waals surface area contributed by atoms with Crippen molar-refractivity contribution in [3.05, 3.63) is 52.9 Å². The molecule has 0 saturated heterocycles. The minimum absolute atomic E-state index is 0.173. The molecule has 0 aliphatic heterocycles. The van der Waals surface area contributed by atoms with E-state index in [2.05, 4.69) is 0 Å². The van der Waals surface area contributed by atoms with Crippen LogP contribution in [0.1, 0.15) is 16.1 Å². The SMILES string of the molecule is CN(C(=O)c1ccc(Cl)o1)c1ccc(C#N)cc1. The zero-order valence-electron chi connectivity index (χ0n) is 9.55. The topological polar surface area (TPSA) is 57.2 Å². The maximum Gasteiger partial charge on any atom is 0.293 e. The van der Waals surface area contributed by atoms with E-state index < -0.39 is 0 Å². The highest BCUT2D eigenvalue weighted by Gasteiger charge is 2.16. The Morgan fingerprint density at radius 3 is 2.44 bits per heavy atom. The van der Waals surface area contributed by atoms with Gasteiger partial charge in [-0.2, -0.15) is 5.26 Å². The second-order valence-corrected chi connectivity index (χ2v) is 4.00. The van der Waals surface area contributed by atoms with Crippen molar-refractivity contribution in [2.45, 2.75) is 0 Å². The molecule has 0 radical (unpaired) electrons. The van der Waals surface area contributed by atoms with E-state index in [9.17, 15) is 4.79 Å². The molecule has 0 fully saturated rings. The first-order valence-corrected chi connectivity index (χ1v) is 5.53. The largest absolute Gasteiger partial charge is 0.440 e. The van der Waals surface area contributed by atoms with Crippen molar-refractivity contribution < 1.29 is 9.21 Å². The first-order valence-electron chi connectivity index (χ1n) is 5.15. The van der Waals surface area contributed by atoms with Gasteiger partial charge in [-0.1, -0.05) is 0 Å². The van der Waals surface area contributed by atoms with Gasteiger partial charge in [-0.3, -0.25) is 4.79 Å². The molecule has 4 nitrogen and oxygen atoms in total. The van der Waals surface area contributed by atoms with Crippen LogP contribution in [0.3, 0.4) is 0 Å². The van der Waals surface area contributed by atoms with E-state index >= 15 is 0 Å². The third kappa shape index (κ3) is 2.36. The van der Waals surface area contributed by atoms with E-state index in [0.29, 0.717) is 11.3 Å². The fraction of sp³-hybridized carbons (Fsp3) is 0.0769. The van der Waals surface area contributed by atoms with Crippen LogP contribution in [-0.2, 0) is 0 Å². The smallest absolute Gasteiger partial charge is 0.293 e. The lowest BCUT2D eigenvalue weighted by Crippen LogP contribution is -2.25. The molecule has 0 aliphatic rings. The maximum atomic E-state index is 12.0. The molecule has 0 N–H and O–H groups in total. The van der Waals surface area contributed by atoms with Crippen LogP contribution < -0.4 is 4.90 Å².